The number of anilines is 1. The Labute approximate surface area is 162 Å². The summed E-state index contributed by atoms with van der Waals surface area (Å²) in [4.78, 5) is 28.7. The topological polar surface area (TPSA) is 61.9 Å². The molecule has 150 valence electrons. The molecule has 1 unspecified atom stereocenters. The van der Waals surface area contributed by atoms with Crippen molar-refractivity contribution >= 4 is 17.7 Å². The fourth-order valence-electron chi connectivity index (χ4n) is 3.29. The quantitative estimate of drug-likeness (QED) is 0.742. The van der Waals surface area contributed by atoms with Gasteiger partial charge >= 0.3 is 6.09 Å². The molecular weight excluding hydrogens is 342 g/mol. The molecule has 6 heteroatoms. The molecule has 6 nitrogen and oxygen atoms in total. The van der Waals surface area contributed by atoms with Gasteiger partial charge in [-0.2, -0.15) is 0 Å². The molecule has 2 rings (SSSR count). The van der Waals surface area contributed by atoms with E-state index in [1.165, 1.54) is 5.69 Å². The molecule has 1 heterocycles. The van der Waals surface area contributed by atoms with Crippen LogP contribution in [0.1, 0.15) is 47.0 Å². The molecule has 0 aliphatic carbocycles. The summed E-state index contributed by atoms with van der Waals surface area (Å²) < 4.78 is 5.42. The molecule has 0 bridgehead atoms. The number of hydrogen-bond acceptors (Lipinski definition) is 4. The van der Waals surface area contributed by atoms with Gasteiger partial charge in [-0.1, -0.05) is 18.2 Å². The Balaban J connectivity index is 1.78. The predicted octanol–water partition coefficient (Wildman–Crippen LogP) is 3.42. The number of carbonyl (C=O) groups excluding carboxylic acids is 2. The molecule has 27 heavy (non-hydrogen) atoms. The first-order valence-corrected chi connectivity index (χ1v) is 9.89. The molecule has 1 aliphatic rings. The highest BCUT2D eigenvalue weighted by Crippen LogP contribution is 2.21. The number of rotatable bonds is 7. The standard InChI is InChI=1S/C21H33N3O3/c1-5-23(17-11-7-6-8-12-17)15-10-14-22-19(25)18-13-9-16-24(18)20(26)27-21(2,3)4/h6-8,11-12,18H,5,9-10,13-16H2,1-4H3,(H,22,25). The monoisotopic (exact) mass is 375 g/mol. The summed E-state index contributed by atoms with van der Waals surface area (Å²) in [5, 5.41) is 2.99. The van der Waals surface area contributed by atoms with Gasteiger partial charge in [0.05, 0.1) is 0 Å². The normalized spacial score (nSPS) is 16.9. The number of nitrogens with one attached hydrogen (secondary N) is 1. The summed E-state index contributed by atoms with van der Waals surface area (Å²) >= 11 is 0. The second kappa shape index (κ2) is 9.62. The molecule has 1 aromatic rings. The van der Waals surface area contributed by atoms with Gasteiger partial charge in [-0.05, 0) is 59.1 Å². The molecule has 1 aromatic carbocycles. The highest BCUT2D eigenvalue weighted by Gasteiger charge is 2.36. The van der Waals surface area contributed by atoms with Gasteiger partial charge in [0.2, 0.25) is 5.91 Å². The van der Waals surface area contributed by atoms with Crippen molar-refractivity contribution in [1.82, 2.24) is 10.2 Å². The number of hydrogen-bond donors (Lipinski definition) is 1. The van der Waals surface area contributed by atoms with Crippen LogP contribution in [0.15, 0.2) is 30.3 Å². The lowest BCUT2D eigenvalue weighted by molar-refractivity contribution is -0.125. The highest BCUT2D eigenvalue weighted by molar-refractivity contribution is 5.86. The van der Waals surface area contributed by atoms with E-state index in [1.807, 2.05) is 39.0 Å². The van der Waals surface area contributed by atoms with Crippen LogP contribution in [0.4, 0.5) is 10.5 Å². The molecule has 1 saturated heterocycles. The van der Waals surface area contributed by atoms with E-state index in [1.54, 1.807) is 4.90 Å². The van der Waals surface area contributed by atoms with Gasteiger partial charge < -0.3 is 15.0 Å². The fourth-order valence-corrected chi connectivity index (χ4v) is 3.29. The van der Waals surface area contributed by atoms with Gasteiger partial charge in [-0.25, -0.2) is 4.79 Å². The summed E-state index contributed by atoms with van der Waals surface area (Å²) in [5.74, 6) is -0.0823. The van der Waals surface area contributed by atoms with E-state index >= 15 is 0 Å². The van der Waals surface area contributed by atoms with Crippen LogP contribution in [0, 0.1) is 0 Å². The third-order valence-electron chi connectivity index (χ3n) is 4.59. The molecular formula is C21H33N3O3. The van der Waals surface area contributed by atoms with Crippen LogP contribution < -0.4 is 10.2 Å². The van der Waals surface area contributed by atoms with Crippen LogP contribution in [0.25, 0.3) is 0 Å². The van der Waals surface area contributed by atoms with Crippen LogP contribution in [-0.4, -0.2) is 54.7 Å². The summed E-state index contributed by atoms with van der Waals surface area (Å²) in [5.41, 5.74) is 0.639. The zero-order valence-corrected chi connectivity index (χ0v) is 17.0. The van der Waals surface area contributed by atoms with Gasteiger partial charge in [0.1, 0.15) is 11.6 Å². The van der Waals surface area contributed by atoms with Crippen molar-refractivity contribution < 1.29 is 14.3 Å². The second-order valence-corrected chi connectivity index (χ2v) is 7.89. The van der Waals surface area contributed by atoms with Gasteiger partial charge in [-0.3, -0.25) is 9.69 Å². The Hall–Kier alpha value is -2.24. The highest BCUT2D eigenvalue weighted by atomic mass is 16.6. The second-order valence-electron chi connectivity index (χ2n) is 7.89. The van der Waals surface area contributed by atoms with E-state index < -0.39 is 17.7 Å². The largest absolute Gasteiger partial charge is 0.444 e. The first-order valence-electron chi connectivity index (χ1n) is 9.89. The molecule has 1 N–H and O–H groups in total. The lowest BCUT2D eigenvalue weighted by atomic mass is 10.2. The third kappa shape index (κ3) is 6.45. The van der Waals surface area contributed by atoms with Crippen LogP contribution in [0.5, 0.6) is 0 Å². The number of amides is 2. The molecule has 1 fully saturated rings. The molecule has 2 amide bonds. The van der Waals surface area contributed by atoms with Crippen molar-refractivity contribution in [2.24, 2.45) is 0 Å². The van der Waals surface area contributed by atoms with E-state index in [0.717, 1.165) is 25.9 Å². The summed E-state index contributed by atoms with van der Waals surface area (Å²) in [6, 6.07) is 9.85. The number of benzene rings is 1. The maximum atomic E-state index is 12.5. The Morgan fingerprint density at radius 2 is 1.96 bits per heavy atom. The average molecular weight is 376 g/mol. The van der Waals surface area contributed by atoms with E-state index in [0.29, 0.717) is 19.5 Å². The average Bonchev–Trinajstić information content (AvgIpc) is 3.11. The minimum Gasteiger partial charge on any atom is -0.444 e. The van der Waals surface area contributed by atoms with Crippen LogP contribution in [0.3, 0.4) is 0 Å². The van der Waals surface area contributed by atoms with Crippen molar-refractivity contribution in [2.45, 2.75) is 58.6 Å². The Morgan fingerprint density at radius 1 is 1.26 bits per heavy atom. The first kappa shape index (κ1) is 21.1. The molecule has 0 aromatic heterocycles. The SMILES string of the molecule is CCN(CCCNC(=O)C1CCCN1C(=O)OC(C)(C)C)c1ccccc1. The summed E-state index contributed by atoms with van der Waals surface area (Å²) in [6.45, 7) is 10.6. The van der Waals surface area contributed by atoms with Crippen molar-refractivity contribution in [3.8, 4) is 0 Å². The van der Waals surface area contributed by atoms with Crippen molar-refractivity contribution in [3.63, 3.8) is 0 Å². The number of likely N-dealkylation sites (tertiary alicyclic amines) is 1. The maximum absolute atomic E-state index is 12.5. The molecule has 1 aliphatic heterocycles. The lowest BCUT2D eigenvalue weighted by Crippen LogP contribution is -2.47. The fraction of sp³-hybridized carbons (Fsp3) is 0.619. The minimum atomic E-state index is -0.554. The zero-order chi connectivity index (χ0) is 19.9. The van der Waals surface area contributed by atoms with Gasteiger partial charge in [0, 0.05) is 31.9 Å². The zero-order valence-electron chi connectivity index (χ0n) is 17.0. The maximum Gasteiger partial charge on any atom is 0.410 e. The van der Waals surface area contributed by atoms with Gasteiger partial charge in [0.25, 0.3) is 0 Å². The Kier molecular flexibility index (Phi) is 7.51. The van der Waals surface area contributed by atoms with E-state index in [9.17, 15) is 9.59 Å². The van der Waals surface area contributed by atoms with E-state index in [4.69, 9.17) is 4.74 Å². The molecule has 0 spiro atoms. The first-order chi connectivity index (χ1) is 12.8. The number of carbonyl (C=O) groups is 2. The summed E-state index contributed by atoms with van der Waals surface area (Å²) in [7, 11) is 0. The van der Waals surface area contributed by atoms with Crippen molar-refractivity contribution in [3.05, 3.63) is 30.3 Å². The van der Waals surface area contributed by atoms with Gasteiger partial charge in [-0.15, -0.1) is 0 Å². The van der Waals surface area contributed by atoms with E-state index in [2.05, 4.69) is 29.3 Å². The molecule has 0 radical (unpaired) electrons. The number of para-hydroxylation sites is 1. The van der Waals surface area contributed by atoms with Crippen LogP contribution in [0.2, 0.25) is 0 Å². The third-order valence-corrected chi connectivity index (χ3v) is 4.59. The number of ether oxygens (including phenoxy) is 1. The smallest absolute Gasteiger partial charge is 0.410 e. The van der Waals surface area contributed by atoms with Gasteiger partial charge in [0.15, 0.2) is 0 Å². The van der Waals surface area contributed by atoms with Crippen molar-refractivity contribution in [2.75, 3.05) is 31.1 Å². The lowest BCUT2D eigenvalue weighted by Gasteiger charge is -2.28. The Morgan fingerprint density at radius 3 is 2.59 bits per heavy atom. The van der Waals surface area contributed by atoms with E-state index in [-0.39, 0.29) is 5.91 Å². The van der Waals surface area contributed by atoms with Crippen molar-refractivity contribution in [1.29, 1.82) is 0 Å². The van der Waals surface area contributed by atoms with Crippen LogP contribution >= 0.6 is 0 Å². The Bertz CT molecular complexity index is 613. The molecule has 1 atom stereocenters. The summed E-state index contributed by atoms with van der Waals surface area (Å²) in [6.07, 6.45) is 1.97. The minimum absolute atomic E-state index is 0.0823. The van der Waals surface area contributed by atoms with Crippen LogP contribution in [-0.2, 0) is 9.53 Å². The predicted molar refractivity (Wildman–Crippen MR) is 108 cm³/mol. The number of nitrogens with zero attached hydrogens (tertiary/aromatic N) is 2. The molecule has 0 saturated carbocycles.